The molecule has 1 amide bonds. The van der Waals surface area contributed by atoms with Gasteiger partial charge in [-0.05, 0) is 18.6 Å². The molecule has 0 fully saturated rings. The molecule has 0 aliphatic carbocycles. The van der Waals surface area contributed by atoms with Crippen LogP contribution in [0.25, 0.3) is 16.9 Å². The highest BCUT2D eigenvalue weighted by molar-refractivity contribution is 5.95. The summed E-state index contributed by atoms with van der Waals surface area (Å²) < 4.78 is 20.5. The van der Waals surface area contributed by atoms with E-state index >= 15 is 0 Å². The first kappa shape index (κ1) is 20.4. The van der Waals surface area contributed by atoms with E-state index < -0.39 is 18.1 Å². The lowest BCUT2D eigenvalue weighted by molar-refractivity contribution is 0.0903. The van der Waals surface area contributed by atoms with Gasteiger partial charge in [0, 0.05) is 25.8 Å². The van der Waals surface area contributed by atoms with Gasteiger partial charge < -0.3 is 10.1 Å². The second kappa shape index (κ2) is 8.78. The highest BCUT2D eigenvalue weighted by Gasteiger charge is 2.19. The first-order valence-electron chi connectivity index (χ1n) is 9.01. The highest BCUT2D eigenvalue weighted by atomic mass is 19.1. The molecule has 2 aromatic heterocycles. The molecular weight excluding hydrogens is 377 g/mol. The minimum absolute atomic E-state index is 0.0589. The molecule has 3 aromatic rings. The minimum Gasteiger partial charge on any atom is -0.383 e. The Bertz CT molecular complexity index is 1060. The number of hydrogen-bond donors (Lipinski definition) is 1. The summed E-state index contributed by atoms with van der Waals surface area (Å²) in [7, 11) is 3.25. The Hall–Kier alpha value is -3.33. The van der Waals surface area contributed by atoms with E-state index in [0.29, 0.717) is 29.1 Å². The molecule has 0 aliphatic rings. The van der Waals surface area contributed by atoms with Crippen LogP contribution in [0.1, 0.15) is 22.8 Å². The van der Waals surface area contributed by atoms with E-state index in [1.165, 1.54) is 24.1 Å². The van der Waals surface area contributed by atoms with Crippen molar-refractivity contribution >= 4 is 5.91 Å². The standard InChI is InChI=1S/C20H22FN5O3/c1-13(12-29-3)23-19(27)17-8-18(15-6-4-14(9-21)5-7-15)24-26(20(17)28)16-10-22-25(2)11-16/h4-8,10-11,13H,9,12H2,1-3H3,(H,23,27)/t13-/m0/s1. The van der Waals surface area contributed by atoms with Crippen LogP contribution < -0.4 is 10.9 Å². The molecule has 0 saturated heterocycles. The minimum atomic E-state index is -0.575. The second-order valence-corrected chi connectivity index (χ2v) is 6.69. The van der Waals surface area contributed by atoms with Gasteiger partial charge in [0.15, 0.2) is 0 Å². The molecule has 1 N–H and O–H groups in total. The number of ether oxygens (including phenoxy) is 1. The molecule has 152 valence electrons. The maximum absolute atomic E-state index is 13.0. The molecule has 0 spiro atoms. The average molecular weight is 399 g/mol. The number of halogens is 1. The van der Waals surface area contributed by atoms with Crippen LogP contribution in [0.2, 0.25) is 0 Å². The molecule has 0 aliphatic heterocycles. The number of methoxy groups -OCH3 is 1. The molecule has 29 heavy (non-hydrogen) atoms. The number of aromatic nitrogens is 4. The van der Waals surface area contributed by atoms with Gasteiger partial charge in [-0.2, -0.15) is 14.9 Å². The fourth-order valence-corrected chi connectivity index (χ4v) is 2.85. The third-order valence-corrected chi connectivity index (χ3v) is 4.29. The van der Waals surface area contributed by atoms with E-state index in [4.69, 9.17) is 4.74 Å². The summed E-state index contributed by atoms with van der Waals surface area (Å²) in [6.45, 7) is 1.51. The molecule has 1 aromatic carbocycles. The van der Waals surface area contributed by atoms with Gasteiger partial charge in [-0.3, -0.25) is 14.3 Å². The predicted octanol–water partition coefficient (Wildman–Crippen LogP) is 1.87. The monoisotopic (exact) mass is 399 g/mol. The zero-order valence-corrected chi connectivity index (χ0v) is 16.4. The van der Waals surface area contributed by atoms with Gasteiger partial charge >= 0.3 is 0 Å². The molecule has 0 unspecified atom stereocenters. The van der Waals surface area contributed by atoms with Crippen LogP contribution in [-0.2, 0) is 18.5 Å². The van der Waals surface area contributed by atoms with Crippen molar-refractivity contribution in [3.05, 3.63) is 64.2 Å². The van der Waals surface area contributed by atoms with E-state index in [0.717, 1.165) is 4.68 Å². The number of nitrogens with one attached hydrogen (secondary N) is 1. The largest absolute Gasteiger partial charge is 0.383 e. The van der Waals surface area contributed by atoms with E-state index in [1.807, 2.05) is 0 Å². The molecule has 1 atom stereocenters. The van der Waals surface area contributed by atoms with Gasteiger partial charge in [0.05, 0.1) is 24.7 Å². The Morgan fingerprint density at radius 3 is 2.62 bits per heavy atom. The van der Waals surface area contributed by atoms with Crippen LogP contribution in [-0.4, -0.2) is 45.2 Å². The van der Waals surface area contributed by atoms with Crippen molar-refractivity contribution in [2.24, 2.45) is 7.05 Å². The van der Waals surface area contributed by atoms with Crippen molar-refractivity contribution in [1.29, 1.82) is 0 Å². The van der Waals surface area contributed by atoms with Crippen molar-refractivity contribution in [2.45, 2.75) is 19.6 Å². The van der Waals surface area contributed by atoms with E-state index in [9.17, 15) is 14.0 Å². The predicted molar refractivity (Wildman–Crippen MR) is 106 cm³/mol. The van der Waals surface area contributed by atoms with Crippen molar-refractivity contribution < 1.29 is 13.9 Å². The Balaban J connectivity index is 2.11. The number of alkyl halides is 1. The summed E-state index contributed by atoms with van der Waals surface area (Å²) in [4.78, 5) is 25.7. The van der Waals surface area contributed by atoms with Gasteiger partial charge in [0.2, 0.25) is 0 Å². The van der Waals surface area contributed by atoms with Gasteiger partial charge in [0.25, 0.3) is 11.5 Å². The first-order valence-corrected chi connectivity index (χ1v) is 9.01. The van der Waals surface area contributed by atoms with Crippen LogP contribution in [0.4, 0.5) is 4.39 Å². The van der Waals surface area contributed by atoms with Crippen LogP contribution in [0.3, 0.4) is 0 Å². The fourth-order valence-electron chi connectivity index (χ4n) is 2.85. The summed E-state index contributed by atoms with van der Waals surface area (Å²) in [6.07, 6.45) is 3.11. The number of carbonyl (C=O) groups excluding carboxylic acids is 1. The SMILES string of the molecule is COC[C@H](C)NC(=O)c1cc(-c2ccc(CF)cc2)nn(-c2cnn(C)c2)c1=O. The number of hydrogen-bond acceptors (Lipinski definition) is 5. The number of nitrogens with zero attached hydrogens (tertiary/aromatic N) is 4. The van der Waals surface area contributed by atoms with Gasteiger partial charge in [0.1, 0.15) is 17.9 Å². The Labute approximate surface area is 166 Å². The van der Waals surface area contributed by atoms with Crippen molar-refractivity contribution in [1.82, 2.24) is 24.9 Å². The second-order valence-electron chi connectivity index (χ2n) is 6.69. The van der Waals surface area contributed by atoms with Crippen LogP contribution in [0.5, 0.6) is 0 Å². The van der Waals surface area contributed by atoms with Crippen molar-refractivity contribution in [2.75, 3.05) is 13.7 Å². The maximum atomic E-state index is 13.0. The summed E-state index contributed by atoms with van der Waals surface area (Å²) in [5.41, 5.74) is 1.39. The Morgan fingerprint density at radius 2 is 2.03 bits per heavy atom. The van der Waals surface area contributed by atoms with E-state index in [1.54, 1.807) is 44.4 Å². The molecule has 9 heteroatoms. The van der Waals surface area contributed by atoms with E-state index in [2.05, 4.69) is 15.5 Å². The fraction of sp³-hybridized carbons (Fsp3) is 0.300. The zero-order valence-electron chi connectivity index (χ0n) is 16.4. The van der Waals surface area contributed by atoms with Crippen LogP contribution in [0, 0.1) is 0 Å². The van der Waals surface area contributed by atoms with Crippen LogP contribution >= 0.6 is 0 Å². The molecule has 8 nitrogen and oxygen atoms in total. The lowest BCUT2D eigenvalue weighted by Crippen LogP contribution is -2.39. The Kier molecular flexibility index (Phi) is 6.18. The smallest absolute Gasteiger partial charge is 0.284 e. The van der Waals surface area contributed by atoms with Crippen molar-refractivity contribution in [3.63, 3.8) is 0 Å². The van der Waals surface area contributed by atoms with Crippen LogP contribution in [0.15, 0.2) is 47.5 Å². The van der Waals surface area contributed by atoms with E-state index in [-0.39, 0.29) is 11.6 Å². The summed E-state index contributed by atoms with van der Waals surface area (Å²) >= 11 is 0. The molecular formula is C20H22FN5O3. The number of aryl methyl sites for hydroxylation is 1. The normalized spacial score (nSPS) is 12.0. The molecule has 0 bridgehead atoms. The highest BCUT2D eigenvalue weighted by Crippen LogP contribution is 2.19. The first-order chi connectivity index (χ1) is 13.9. The number of amides is 1. The third kappa shape index (κ3) is 4.57. The molecule has 3 rings (SSSR count). The van der Waals surface area contributed by atoms with Crippen molar-refractivity contribution in [3.8, 4) is 16.9 Å². The Morgan fingerprint density at radius 1 is 1.31 bits per heavy atom. The molecule has 2 heterocycles. The molecule has 0 saturated carbocycles. The summed E-state index contributed by atoms with van der Waals surface area (Å²) in [5.74, 6) is -0.527. The number of rotatable bonds is 7. The number of carbonyl (C=O) groups is 1. The third-order valence-electron chi connectivity index (χ3n) is 4.29. The quantitative estimate of drug-likeness (QED) is 0.655. The average Bonchev–Trinajstić information content (AvgIpc) is 3.14. The van der Waals surface area contributed by atoms with Gasteiger partial charge in [-0.1, -0.05) is 24.3 Å². The lowest BCUT2D eigenvalue weighted by atomic mass is 10.1. The van der Waals surface area contributed by atoms with Gasteiger partial charge in [-0.25, -0.2) is 4.39 Å². The van der Waals surface area contributed by atoms with Gasteiger partial charge in [-0.15, -0.1) is 0 Å². The topological polar surface area (TPSA) is 91.0 Å². The zero-order chi connectivity index (χ0) is 21.0. The summed E-state index contributed by atoms with van der Waals surface area (Å²) in [6, 6.07) is 7.83. The lowest BCUT2D eigenvalue weighted by Gasteiger charge is -2.14. The maximum Gasteiger partial charge on any atom is 0.284 e. The molecule has 0 radical (unpaired) electrons. The summed E-state index contributed by atoms with van der Waals surface area (Å²) in [5, 5.41) is 11.2. The number of benzene rings is 1.